The van der Waals surface area contributed by atoms with Gasteiger partial charge >= 0.3 is 35.8 Å². The maximum atomic E-state index is 12.0. The standard InChI is InChI=1S/C25H34O8.C21H34O6.C19H30O6.C9H10O4.C6H13ClO.C3H3ClO.2CH4/c1-3-23(26)32-17-11-7-5-9-15-30-21-14-13-20(25(28)29)19-22(21)31-16-10-6-8-12-18-33-24(27)4-2;1-2-25-21(24)18-11-12-19(26-15-9-5-3-7-13-22)20(17-18)27-16-10-6-4-8-14-23;20-11-5-1-3-7-13-24-17-10-9-16(19(22)23)15-18(17)25-14-8-4-2-6-12-21;1-2-13-9(12)6-3-4-7(10)8(11)5-6;7-5-3-1-2-4-6-8;1-2-3(4)5;;/h3-4,13-14,19H,1-2,5-12,15-18H2,(H,28,29);11-12,17,22-23H,2-10,13-16H2,1H3;9-10,15,20-21H,1-8,11-14H2,(H,22,23);3-5,10-11H,2H2,1H3;8H,1-6H2;2H,1H2;2*1H4. The first-order valence-corrected chi connectivity index (χ1v) is 39.2. The number of carbonyl (C=O) groups excluding carboxylic acids is 5. The molecule has 0 heterocycles. The van der Waals surface area contributed by atoms with Crippen LogP contribution in [-0.4, -0.2) is 192 Å². The summed E-state index contributed by atoms with van der Waals surface area (Å²) >= 11 is 10.1. The lowest BCUT2D eigenvalue weighted by Crippen LogP contribution is -2.07. The Morgan fingerprint density at radius 2 is 0.575 bits per heavy atom. The van der Waals surface area contributed by atoms with E-state index in [-0.39, 0.29) is 82.0 Å². The molecule has 0 spiro atoms. The van der Waals surface area contributed by atoms with Crippen LogP contribution in [0.25, 0.3) is 0 Å². The van der Waals surface area contributed by atoms with Crippen LogP contribution < -0.4 is 28.4 Å². The van der Waals surface area contributed by atoms with E-state index in [0.29, 0.717) is 106 Å². The van der Waals surface area contributed by atoms with Crippen molar-refractivity contribution in [2.75, 3.05) is 105 Å². The van der Waals surface area contributed by atoms with Crippen molar-refractivity contribution in [2.24, 2.45) is 0 Å². The number of hydrogen-bond donors (Lipinski definition) is 9. The number of carboxylic acids is 2. The number of aliphatic hydroxyl groups excluding tert-OH is 5. The normalized spacial score (nSPS) is 9.96. The summed E-state index contributed by atoms with van der Waals surface area (Å²) in [6.07, 6.45) is 28.9. The van der Waals surface area contributed by atoms with Crippen molar-refractivity contribution in [3.8, 4) is 46.0 Å². The second-order valence-corrected chi connectivity index (χ2v) is 25.0. The maximum absolute atomic E-state index is 12.0. The molecular weight excluding hydrogens is 1510 g/mol. The van der Waals surface area contributed by atoms with Crippen molar-refractivity contribution in [1.29, 1.82) is 0 Å². The van der Waals surface area contributed by atoms with Gasteiger partial charge in [-0.1, -0.05) is 73.1 Å². The number of carboxylic acid groups (broad SMARTS) is 2. The lowest BCUT2D eigenvalue weighted by Gasteiger charge is -2.14. The first kappa shape index (κ1) is 111. The molecule has 0 fully saturated rings. The van der Waals surface area contributed by atoms with E-state index in [0.717, 1.165) is 210 Å². The molecule has 26 nitrogen and oxygen atoms in total. The molecule has 0 aliphatic rings. The first-order valence-electron chi connectivity index (χ1n) is 38.2. The van der Waals surface area contributed by atoms with E-state index in [1.807, 2.05) is 0 Å². The van der Waals surface area contributed by atoms with E-state index in [2.05, 4.69) is 19.7 Å². The zero-order valence-electron chi connectivity index (χ0n) is 65.1. The van der Waals surface area contributed by atoms with E-state index >= 15 is 0 Å². The second-order valence-electron chi connectivity index (χ2n) is 24.3. The average Bonchev–Trinajstić information content (AvgIpc) is 0.849. The third-order valence-corrected chi connectivity index (χ3v) is 15.6. The fourth-order valence-electron chi connectivity index (χ4n) is 9.19. The quantitative estimate of drug-likeness (QED) is 0.00377. The van der Waals surface area contributed by atoms with Crippen LogP contribution in [0.1, 0.15) is 250 Å². The number of benzene rings is 4. The van der Waals surface area contributed by atoms with Crippen LogP contribution in [0.2, 0.25) is 0 Å². The Hall–Kier alpha value is -8.63. The molecule has 0 bridgehead atoms. The maximum Gasteiger partial charge on any atom is 0.338 e. The highest BCUT2D eigenvalue weighted by molar-refractivity contribution is 6.66. The molecule has 0 aromatic heterocycles. The van der Waals surface area contributed by atoms with Gasteiger partial charge in [0.15, 0.2) is 46.0 Å². The molecule has 9 N–H and O–H groups in total. The van der Waals surface area contributed by atoms with Crippen LogP contribution in [-0.2, 0) is 33.3 Å². The van der Waals surface area contributed by atoms with Gasteiger partial charge in [0.05, 0.1) is 88.3 Å². The van der Waals surface area contributed by atoms with Gasteiger partial charge in [-0.2, -0.15) is 0 Å². The van der Waals surface area contributed by atoms with E-state index in [1.54, 1.807) is 44.2 Å². The van der Waals surface area contributed by atoms with Gasteiger partial charge in [0.2, 0.25) is 5.24 Å². The van der Waals surface area contributed by atoms with E-state index in [1.165, 1.54) is 36.4 Å². The number of hydrogen-bond acceptors (Lipinski definition) is 24. The average molecular weight is 1640 g/mol. The number of unbranched alkanes of at least 4 members (excludes halogenated alkanes) is 21. The minimum absolute atomic E-state index is 0. The summed E-state index contributed by atoms with van der Waals surface area (Å²) in [5, 5.41) is 79.3. The van der Waals surface area contributed by atoms with Crippen LogP contribution in [0.15, 0.2) is 111 Å². The molecule has 0 unspecified atom stereocenters. The minimum Gasteiger partial charge on any atom is -0.504 e. The summed E-state index contributed by atoms with van der Waals surface area (Å²) in [4.78, 5) is 76.8. The Balaban J connectivity index is -0.000000678. The number of phenolic OH excluding ortho intramolecular Hbond substituents is 2. The molecule has 642 valence electrons. The molecule has 0 saturated heterocycles. The second kappa shape index (κ2) is 78.6. The molecule has 0 atom stereocenters. The van der Waals surface area contributed by atoms with Gasteiger partial charge in [-0.15, -0.1) is 11.6 Å². The van der Waals surface area contributed by atoms with E-state index < -0.39 is 35.1 Å². The predicted molar refractivity (Wildman–Crippen MR) is 440 cm³/mol. The van der Waals surface area contributed by atoms with Crippen molar-refractivity contribution in [3.05, 3.63) is 133 Å². The summed E-state index contributed by atoms with van der Waals surface area (Å²) < 4.78 is 54.3. The summed E-state index contributed by atoms with van der Waals surface area (Å²) in [7, 11) is 0. The van der Waals surface area contributed by atoms with Crippen molar-refractivity contribution in [3.63, 3.8) is 0 Å². The summed E-state index contributed by atoms with van der Waals surface area (Å²) in [6.45, 7) is 18.8. The molecule has 0 aliphatic heterocycles. The number of aromatic carboxylic acids is 2. The molecule has 4 aromatic rings. The summed E-state index contributed by atoms with van der Waals surface area (Å²) in [5.41, 5.74) is 0.973. The third kappa shape index (κ3) is 62.5. The van der Waals surface area contributed by atoms with Gasteiger partial charge < -0.3 is 93.3 Å². The zero-order valence-corrected chi connectivity index (χ0v) is 66.6. The monoisotopic (exact) mass is 1640 g/mol. The molecule has 0 aliphatic carbocycles. The molecular formula is C85H132Cl2O26. The predicted octanol–water partition coefficient (Wildman–Crippen LogP) is 17.0. The Labute approximate surface area is 680 Å². The fraction of sp³-hybridized carbons (Fsp3) is 0.565. The number of halogens is 2. The van der Waals surface area contributed by atoms with Crippen molar-refractivity contribution < 1.29 is 127 Å². The minimum atomic E-state index is -1.03. The van der Waals surface area contributed by atoms with Gasteiger partial charge in [-0.05, 0) is 246 Å². The van der Waals surface area contributed by atoms with Gasteiger partial charge in [-0.25, -0.2) is 28.8 Å². The number of ether oxygens (including phenoxy) is 10. The van der Waals surface area contributed by atoms with Crippen molar-refractivity contribution >= 4 is 64.3 Å². The van der Waals surface area contributed by atoms with E-state index in [9.17, 15) is 38.7 Å². The molecule has 4 aromatic carbocycles. The Morgan fingerprint density at radius 3 is 0.832 bits per heavy atom. The largest absolute Gasteiger partial charge is 0.504 e. The third-order valence-electron chi connectivity index (χ3n) is 15.2. The lowest BCUT2D eigenvalue weighted by molar-refractivity contribution is -0.138. The lowest BCUT2D eigenvalue weighted by atomic mass is 10.2. The molecule has 0 saturated carbocycles. The van der Waals surface area contributed by atoms with Crippen LogP contribution >= 0.6 is 23.2 Å². The van der Waals surface area contributed by atoms with Crippen molar-refractivity contribution in [2.45, 2.75) is 208 Å². The van der Waals surface area contributed by atoms with Crippen molar-refractivity contribution in [1.82, 2.24) is 0 Å². The van der Waals surface area contributed by atoms with Gasteiger partial charge in [0, 0.05) is 51.1 Å². The highest BCUT2D eigenvalue weighted by atomic mass is 35.5. The topological polar surface area (TPSA) is 394 Å². The van der Waals surface area contributed by atoms with Crippen LogP contribution in [0.3, 0.4) is 0 Å². The number of aromatic hydroxyl groups is 2. The molecule has 113 heavy (non-hydrogen) atoms. The Kier molecular flexibility index (Phi) is 77.0. The zero-order chi connectivity index (χ0) is 82.8. The fourth-order valence-corrected chi connectivity index (χ4v) is 9.38. The Morgan fingerprint density at radius 1 is 0.327 bits per heavy atom. The van der Waals surface area contributed by atoms with Gasteiger partial charge in [-0.3, -0.25) is 4.79 Å². The number of phenols is 2. The molecule has 4 rings (SSSR count). The summed E-state index contributed by atoms with van der Waals surface area (Å²) in [6, 6.07) is 18.1. The van der Waals surface area contributed by atoms with Crippen LogP contribution in [0, 0.1) is 0 Å². The smallest absolute Gasteiger partial charge is 0.338 e. The number of alkyl halides is 1. The number of carbonyl (C=O) groups is 7. The summed E-state index contributed by atoms with van der Waals surface area (Å²) in [5.74, 6) is -0.465. The highest BCUT2D eigenvalue weighted by Gasteiger charge is 2.16. The van der Waals surface area contributed by atoms with Crippen LogP contribution in [0.5, 0.6) is 46.0 Å². The molecule has 28 heteroatoms. The Bertz CT molecular complexity index is 3120. The van der Waals surface area contributed by atoms with E-state index in [4.69, 9.17) is 111 Å². The highest BCUT2D eigenvalue weighted by Crippen LogP contribution is 2.33. The SMILES string of the molecule is C.C.C=CC(=O)Cl.C=CC(=O)OCCCCCCOc1ccc(C(=O)O)cc1OCCCCCCOC(=O)C=C.CCOC(=O)c1ccc(O)c(O)c1.CCOC(=O)c1ccc(OCCCCCCO)c(OCCCCCCO)c1.O=C(O)c1ccc(OCCCCCCO)c(OCCCCCCO)c1.OCCCCCCCl. The van der Waals surface area contributed by atoms with Crippen LogP contribution in [0.4, 0.5) is 0 Å². The molecule has 0 radical (unpaired) electrons. The number of aliphatic hydroxyl groups is 5. The number of esters is 4. The first-order chi connectivity index (χ1) is 53.7. The van der Waals surface area contributed by atoms with Gasteiger partial charge in [0.25, 0.3) is 0 Å². The number of allylic oxidation sites excluding steroid dienone is 1. The van der Waals surface area contributed by atoms with Gasteiger partial charge in [0.1, 0.15) is 0 Å². The molecule has 0 amide bonds. The number of rotatable bonds is 58.